The highest BCUT2D eigenvalue weighted by atomic mass is 32.2. The Hall–Kier alpha value is -1.12. The van der Waals surface area contributed by atoms with E-state index in [9.17, 15) is 21.6 Å². The zero-order valence-electron chi connectivity index (χ0n) is 10.4. The van der Waals surface area contributed by atoms with Crippen LogP contribution < -0.4 is 4.72 Å². The van der Waals surface area contributed by atoms with Crippen molar-refractivity contribution >= 4 is 10.0 Å². The molecule has 1 aromatic rings. The van der Waals surface area contributed by atoms with Crippen molar-refractivity contribution in [2.75, 3.05) is 13.7 Å². The van der Waals surface area contributed by atoms with Crippen LogP contribution in [0.5, 0.6) is 0 Å². The smallest absolute Gasteiger partial charge is 0.383 e. The zero-order chi connectivity index (χ0) is 14.7. The Morgan fingerprint density at radius 1 is 1.32 bits per heavy atom. The van der Waals surface area contributed by atoms with E-state index in [-0.39, 0.29) is 6.61 Å². The minimum absolute atomic E-state index is 0.0629. The number of halogens is 3. The van der Waals surface area contributed by atoms with Gasteiger partial charge in [-0.25, -0.2) is 13.1 Å². The van der Waals surface area contributed by atoms with Crippen LogP contribution in [0, 0.1) is 0 Å². The van der Waals surface area contributed by atoms with Crippen molar-refractivity contribution in [3.8, 4) is 0 Å². The normalized spacial score (nSPS) is 14.4. The third kappa shape index (κ3) is 4.19. The summed E-state index contributed by atoms with van der Waals surface area (Å²) < 4.78 is 68.9. The van der Waals surface area contributed by atoms with Crippen molar-refractivity contribution in [2.45, 2.75) is 24.0 Å². The van der Waals surface area contributed by atoms with Crippen LogP contribution in [0.15, 0.2) is 29.2 Å². The van der Waals surface area contributed by atoms with Crippen molar-refractivity contribution in [3.05, 3.63) is 29.8 Å². The number of hydrogen-bond donors (Lipinski definition) is 1. The topological polar surface area (TPSA) is 55.4 Å². The number of alkyl halides is 3. The monoisotopic (exact) mass is 297 g/mol. The van der Waals surface area contributed by atoms with E-state index in [1.165, 1.54) is 20.1 Å². The first kappa shape index (κ1) is 15.9. The van der Waals surface area contributed by atoms with Gasteiger partial charge in [0, 0.05) is 13.2 Å². The molecule has 4 nitrogen and oxygen atoms in total. The number of rotatable bonds is 5. The van der Waals surface area contributed by atoms with E-state index in [4.69, 9.17) is 4.74 Å². The molecule has 0 aliphatic heterocycles. The number of methoxy groups -OCH3 is 1. The number of ether oxygens (including phenoxy) is 1. The molecule has 0 saturated carbocycles. The Morgan fingerprint density at radius 2 is 1.89 bits per heavy atom. The molecule has 19 heavy (non-hydrogen) atoms. The molecule has 0 aromatic heterocycles. The molecule has 0 aliphatic rings. The van der Waals surface area contributed by atoms with Crippen molar-refractivity contribution in [3.63, 3.8) is 0 Å². The van der Waals surface area contributed by atoms with Crippen LogP contribution in [-0.2, 0) is 20.9 Å². The van der Waals surface area contributed by atoms with Gasteiger partial charge >= 0.3 is 6.18 Å². The predicted octanol–water partition coefficient (Wildman–Crippen LogP) is 2.02. The Labute approximate surface area is 109 Å². The van der Waals surface area contributed by atoms with E-state index in [0.717, 1.165) is 18.2 Å². The second-order valence-corrected chi connectivity index (χ2v) is 5.65. The molecule has 0 fully saturated rings. The molecule has 1 unspecified atom stereocenters. The highest BCUT2D eigenvalue weighted by molar-refractivity contribution is 7.89. The van der Waals surface area contributed by atoms with E-state index in [1.807, 2.05) is 0 Å². The van der Waals surface area contributed by atoms with E-state index in [0.29, 0.717) is 0 Å². The van der Waals surface area contributed by atoms with Gasteiger partial charge in [-0.2, -0.15) is 13.2 Å². The molecule has 1 N–H and O–H groups in total. The molecular formula is C11H14F3NO3S. The third-order valence-electron chi connectivity index (χ3n) is 2.25. The number of nitrogens with one attached hydrogen (secondary N) is 1. The van der Waals surface area contributed by atoms with Gasteiger partial charge < -0.3 is 4.74 Å². The lowest BCUT2D eigenvalue weighted by atomic mass is 10.2. The lowest BCUT2D eigenvalue weighted by Crippen LogP contribution is -2.36. The molecule has 0 saturated heterocycles. The number of sulfonamides is 1. The van der Waals surface area contributed by atoms with E-state index in [2.05, 4.69) is 4.72 Å². The van der Waals surface area contributed by atoms with Crippen LogP contribution in [0.1, 0.15) is 12.5 Å². The molecule has 1 atom stereocenters. The van der Waals surface area contributed by atoms with Crippen LogP contribution in [0.25, 0.3) is 0 Å². The summed E-state index contributed by atoms with van der Waals surface area (Å²) in [6.07, 6.45) is -4.73. The molecular weight excluding hydrogens is 283 g/mol. The average molecular weight is 297 g/mol. The van der Waals surface area contributed by atoms with Gasteiger partial charge in [0.1, 0.15) is 0 Å². The summed E-state index contributed by atoms with van der Waals surface area (Å²) in [5.74, 6) is 0. The maximum absolute atomic E-state index is 12.7. The molecule has 0 radical (unpaired) electrons. The van der Waals surface area contributed by atoms with Gasteiger partial charge in [-0.15, -0.1) is 0 Å². The summed E-state index contributed by atoms with van der Waals surface area (Å²) >= 11 is 0. The molecule has 108 valence electrons. The SMILES string of the molecule is COCC(C)NS(=O)(=O)c1ccccc1C(F)(F)F. The summed E-state index contributed by atoms with van der Waals surface area (Å²) in [4.78, 5) is -0.787. The Bertz CT molecular complexity index is 528. The quantitative estimate of drug-likeness (QED) is 0.904. The molecule has 1 aromatic carbocycles. The molecule has 0 amide bonds. The Morgan fingerprint density at radius 3 is 2.42 bits per heavy atom. The second kappa shape index (κ2) is 5.89. The lowest BCUT2D eigenvalue weighted by Gasteiger charge is -2.16. The summed E-state index contributed by atoms with van der Waals surface area (Å²) in [7, 11) is -2.88. The first-order valence-corrected chi connectivity index (χ1v) is 6.84. The lowest BCUT2D eigenvalue weighted by molar-refractivity contribution is -0.139. The van der Waals surface area contributed by atoms with Gasteiger partial charge in [0.15, 0.2) is 0 Å². The van der Waals surface area contributed by atoms with Gasteiger partial charge in [-0.05, 0) is 19.1 Å². The molecule has 8 heteroatoms. The van der Waals surface area contributed by atoms with Crippen LogP contribution in [0.2, 0.25) is 0 Å². The maximum Gasteiger partial charge on any atom is 0.417 e. The molecule has 0 bridgehead atoms. The van der Waals surface area contributed by atoms with Gasteiger partial charge in [0.25, 0.3) is 0 Å². The highest BCUT2D eigenvalue weighted by Crippen LogP contribution is 2.33. The number of hydrogen-bond acceptors (Lipinski definition) is 3. The van der Waals surface area contributed by atoms with E-state index >= 15 is 0 Å². The number of benzene rings is 1. The fourth-order valence-electron chi connectivity index (χ4n) is 1.55. The zero-order valence-corrected chi connectivity index (χ0v) is 11.2. The average Bonchev–Trinajstić information content (AvgIpc) is 2.27. The van der Waals surface area contributed by atoms with Crippen LogP contribution in [-0.4, -0.2) is 28.2 Å². The minimum Gasteiger partial charge on any atom is -0.383 e. The molecule has 0 spiro atoms. The van der Waals surface area contributed by atoms with Crippen LogP contribution >= 0.6 is 0 Å². The van der Waals surface area contributed by atoms with Crippen molar-refractivity contribution in [1.29, 1.82) is 0 Å². The fraction of sp³-hybridized carbons (Fsp3) is 0.455. The van der Waals surface area contributed by atoms with Gasteiger partial charge in [-0.3, -0.25) is 0 Å². The van der Waals surface area contributed by atoms with Gasteiger partial charge in [0.05, 0.1) is 17.1 Å². The van der Waals surface area contributed by atoms with Crippen molar-refractivity contribution < 1.29 is 26.3 Å². The maximum atomic E-state index is 12.7. The Kier molecular flexibility index (Phi) is 4.94. The van der Waals surface area contributed by atoms with Crippen molar-refractivity contribution in [2.24, 2.45) is 0 Å². The van der Waals surface area contributed by atoms with E-state index in [1.54, 1.807) is 0 Å². The molecule has 0 heterocycles. The first-order valence-electron chi connectivity index (χ1n) is 5.36. The summed E-state index contributed by atoms with van der Waals surface area (Å²) in [6.45, 7) is 1.56. The predicted molar refractivity (Wildman–Crippen MR) is 63.1 cm³/mol. The molecule has 1 rings (SSSR count). The summed E-state index contributed by atoms with van der Waals surface area (Å²) in [5, 5.41) is 0. The first-order chi connectivity index (χ1) is 8.68. The standard InChI is InChI=1S/C11H14F3NO3S/c1-8(7-18-2)15-19(16,17)10-6-4-3-5-9(10)11(12,13)14/h3-6,8,15H,7H2,1-2H3. The third-order valence-corrected chi connectivity index (χ3v) is 3.90. The summed E-state index contributed by atoms with van der Waals surface area (Å²) in [5.41, 5.74) is -1.19. The van der Waals surface area contributed by atoms with Gasteiger partial charge in [0.2, 0.25) is 10.0 Å². The van der Waals surface area contributed by atoms with Gasteiger partial charge in [-0.1, -0.05) is 12.1 Å². The molecule has 0 aliphatic carbocycles. The Balaban J connectivity index is 3.16. The highest BCUT2D eigenvalue weighted by Gasteiger charge is 2.37. The summed E-state index contributed by atoms with van der Waals surface area (Å²) in [6, 6.07) is 3.40. The fourth-order valence-corrected chi connectivity index (χ4v) is 3.00. The van der Waals surface area contributed by atoms with Crippen LogP contribution in [0.4, 0.5) is 13.2 Å². The second-order valence-electron chi connectivity index (χ2n) is 3.97. The largest absolute Gasteiger partial charge is 0.417 e. The minimum atomic E-state index is -4.73. The van der Waals surface area contributed by atoms with E-state index < -0.39 is 32.7 Å². The van der Waals surface area contributed by atoms with Crippen molar-refractivity contribution in [1.82, 2.24) is 4.72 Å². The van der Waals surface area contributed by atoms with Crippen LogP contribution in [0.3, 0.4) is 0 Å².